The SMILES string of the molecule is CC(=O)Nc1ccn([C@H]2CCN(c3ncnc4nc[nH]c34)C2)n1. The molecule has 1 aliphatic rings. The summed E-state index contributed by atoms with van der Waals surface area (Å²) in [6.45, 7) is 3.15. The minimum absolute atomic E-state index is 0.120. The summed E-state index contributed by atoms with van der Waals surface area (Å²) < 4.78 is 1.90. The molecule has 9 nitrogen and oxygen atoms in total. The average molecular weight is 312 g/mol. The maximum Gasteiger partial charge on any atom is 0.222 e. The number of imidazole rings is 1. The van der Waals surface area contributed by atoms with Crippen LogP contribution in [0.3, 0.4) is 0 Å². The first-order valence-corrected chi connectivity index (χ1v) is 7.42. The van der Waals surface area contributed by atoms with Gasteiger partial charge < -0.3 is 15.2 Å². The van der Waals surface area contributed by atoms with E-state index in [2.05, 4.69) is 35.3 Å². The third-order valence-corrected chi connectivity index (χ3v) is 3.95. The van der Waals surface area contributed by atoms with Crippen LogP contribution in [0.1, 0.15) is 19.4 Å². The van der Waals surface area contributed by atoms with Crippen molar-refractivity contribution in [1.82, 2.24) is 29.7 Å². The van der Waals surface area contributed by atoms with Gasteiger partial charge in [0.2, 0.25) is 5.91 Å². The monoisotopic (exact) mass is 312 g/mol. The predicted molar refractivity (Wildman–Crippen MR) is 84.1 cm³/mol. The summed E-state index contributed by atoms with van der Waals surface area (Å²) in [6, 6.07) is 2.05. The molecule has 23 heavy (non-hydrogen) atoms. The van der Waals surface area contributed by atoms with Crippen LogP contribution in [0.15, 0.2) is 24.9 Å². The smallest absolute Gasteiger partial charge is 0.222 e. The van der Waals surface area contributed by atoms with Gasteiger partial charge in [0.15, 0.2) is 17.3 Å². The van der Waals surface area contributed by atoms with E-state index >= 15 is 0 Å². The van der Waals surface area contributed by atoms with Crippen molar-refractivity contribution < 1.29 is 4.79 Å². The zero-order chi connectivity index (χ0) is 15.8. The quantitative estimate of drug-likeness (QED) is 0.746. The Balaban J connectivity index is 1.54. The first kappa shape index (κ1) is 13.7. The summed E-state index contributed by atoms with van der Waals surface area (Å²) in [5, 5.41) is 7.11. The van der Waals surface area contributed by atoms with Crippen LogP contribution in [0, 0.1) is 0 Å². The van der Waals surface area contributed by atoms with Crippen molar-refractivity contribution in [3.63, 3.8) is 0 Å². The van der Waals surface area contributed by atoms with Crippen LogP contribution in [0.2, 0.25) is 0 Å². The molecule has 1 fully saturated rings. The molecule has 0 radical (unpaired) electrons. The third-order valence-electron chi connectivity index (χ3n) is 3.95. The summed E-state index contributed by atoms with van der Waals surface area (Å²) in [6.07, 6.45) is 6.02. The molecule has 9 heteroatoms. The molecule has 2 N–H and O–H groups in total. The lowest BCUT2D eigenvalue weighted by Gasteiger charge is -2.17. The van der Waals surface area contributed by atoms with Crippen LogP contribution in [0.5, 0.6) is 0 Å². The molecular formula is C14H16N8O. The highest BCUT2D eigenvalue weighted by atomic mass is 16.1. The molecule has 0 aliphatic carbocycles. The number of nitrogens with zero attached hydrogens (tertiary/aromatic N) is 6. The number of anilines is 2. The van der Waals surface area contributed by atoms with E-state index < -0.39 is 0 Å². The maximum absolute atomic E-state index is 11.1. The highest BCUT2D eigenvalue weighted by Crippen LogP contribution is 2.28. The molecule has 4 rings (SSSR count). The van der Waals surface area contributed by atoms with E-state index in [0.29, 0.717) is 11.5 Å². The number of nitrogens with one attached hydrogen (secondary N) is 2. The van der Waals surface area contributed by atoms with E-state index in [1.807, 2.05) is 16.9 Å². The fourth-order valence-electron chi connectivity index (χ4n) is 2.93. The summed E-state index contributed by atoms with van der Waals surface area (Å²) in [5.74, 6) is 1.32. The molecule has 0 saturated carbocycles. The molecule has 1 atom stereocenters. The van der Waals surface area contributed by atoms with E-state index in [1.54, 1.807) is 6.33 Å². The lowest BCUT2D eigenvalue weighted by Crippen LogP contribution is -2.22. The van der Waals surface area contributed by atoms with Crippen LogP contribution in [0.4, 0.5) is 11.6 Å². The summed E-state index contributed by atoms with van der Waals surface area (Å²) in [5.41, 5.74) is 1.53. The van der Waals surface area contributed by atoms with E-state index in [9.17, 15) is 4.79 Å². The van der Waals surface area contributed by atoms with Gasteiger partial charge in [-0.05, 0) is 6.42 Å². The fourth-order valence-corrected chi connectivity index (χ4v) is 2.93. The van der Waals surface area contributed by atoms with Gasteiger partial charge in [0.05, 0.1) is 12.4 Å². The normalized spacial score (nSPS) is 17.8. The van der Waals surface area contributed by atoms with Gasteiger partial charge in [-0.25, -0.2) is 15.0 Å². The topological polar surface area (TPSA) is 105 Å². The molecule has 0 spiro atoms. The van der Waals surface area contributed by atoms with Gasteiger partial charge in [-0.2, -0.15) is 5.10 Å². The van der Waals surface area contributed by atoms with Crippen LogP contribution < -0.4 is 10.2 Å². The third kappa shape index (κ3) is 2.50. The zero-order valence-electron chi connectivity index (χ0n) is 12.6. The van der Waals surface area contributed by atoms with Gasteiger partial charge in [0.1, 0.15) is 11.8 Å². The van der Waals surface area contributed by atoms with Gasteiger partial charge >= 0.3 is 0 Å². The number of amides is 1. The van der Waals surface area contributed by atoms with Crippen molar-refractivity contribution in [2.75, 3.05) is 23.3 Å². The minimum atomic E-state index is -0.120. The number of hydrogen-bond acceptors (Lipinski definition) is 6. The van der Waals surface area contributed by atoms with E-state index in [1.165, 1.54) is 13.3 Å². The molecule has 3 aromatic rings. The van der Waals surface area contributed by atoms with Crippen molar-refractivity contribution in [1.29, 1.82) is 0 Å². The molecule has 0 aromatic carbocycles. The van der Waals surface area contributed by atoms with Crippen LogP contribution in [-0.2, 0) is 4.79 Å². The predicted octanol–water partition coefficient (Wildman–Crippen LogP) is 0.959. The van der Waals surface area contributed by atoms with Crippen LogP contribution in [-0.4, -0.2) is 48.7 Å². The highest BCUT2D eigenvalue weighted by Gasteiger charge is 2.27. The largest absolute Gasteiger partial charge is 0.352 e. The molecule has 0 bridgehead atoms. The van der Waals surface area contributed by atoms with Crippen LogP contribution >= 0.6 is 0 Å². The maximum atomic E-state index is 11.1. The number of H-pyrrole nitrogens is 1. The average Bonchev–Trinajstić information content (AvgIpc) is 3.26. The Hall–Kier alpha value is -2.97. The first-order valence-electron chi connectivity index (χ1n) is 7.42. The Morgan fingerprint density at radius 3 is 3.17 bits per heavy atom. The number of carbonyl (C=O) groups excluding carboxylic acids is 1. The highest BCUT2D eigenvalue weighted by molar-refractivity contribution is 5.87. The molecule has 1 amide bonds. The van der Waals surface area contributed by atoms with Gasteiger partial charge in [0.25, 0.3) is 0 Å². The first-order chi connectivity index (χ1) is 11.2. The molecule has 3 aromatic heterocycles. The van der Waals surface area contributed by atoms with Crippen molar-refractivity contribution in [2.45, 2.75) is 19.4 Å². The van der Waals surface area contributed by atoms with Gasteiger partial charge in [0, 0.05) is 32.3 Å². The Morgan fingerprint density at radius 1 is 1.39 bits per heavy atom. The second kappa shape index (κ2) is 5.34. The Kier molecular flexibility index (Phi) is 3.18. The standard InChI is InChI=1S/C14H16N8O/c1-9(23)19-11-3-5-22(20-11)10-2-4-21(6-10)14-12-13(16-7-15-12)17-8-18-14/h3,5,7-8,10H,2,4,6H2,1H3,(H,19,20,23)(H,15,16,17,18)/t10-/m0/s1. The summed E-state index contributed by atoms with van der Waals surface area (Å²) in [7, 11) is 0. The Labute approximate surface area is 131 Å². The number of fused-ring (bicyclic) bond motifs is 1. The number of hydrogen-bond donors (Lipinski definition) is 2. The Morgan fingerprint density at radius 2 is 2.30 bits per heavy atom. The summed E-state index contributed by atoms with van der Waals surface area (Å²) >= 11 is 0. The lowest BCUT2D eigenvalue weighted by atomic mass is 10.3. The van der Waals surface area contributed by atoms with Crippen molar-refractivity contribution in [3.05, 3.63) is 24.9 Å². The fraction of sp³-hybridized carbons (Fsp3) is 0.357. The van der Waals surface area contributed by atoms with Crippen molar-refractivity contribution >= 4 is 28.7 Å². The van der Waals surface area contributed by atoms with E-state index in [-0.39, 0.29) is 11.9 Å². The van der Waals surface area contributed by atoms with Gasteiger partial charge in [-0.15, -0.1) is 0 Å². The molecular weight excluding hydrogens is 296 g/mol. The molecule has 4 heterocycles. The molecule has 118 valence electrons. The number of aromatic nitrogens is 6. The second-order valence-corrected chi connectivity index (χ2v) is 5.55. The lowest BCUT2D eigenvalue weighted by molar-refractivity contribution is -0.114. The molecule has 1 aliphatic heterocycles. The molecule has 1 saturated heterocycles. The van der Waals surface area contributed by atoms with E-state index in [0.717, 1.165) is 30.8 Å². The zero-order valence-corrected chi connectivity index (χ0v) is 12.6. The Bertz CT molecular complexity index is 853. The number of aromatic amines is 1. The van der Waals surface area contributed by atoms with Crippen LogP contribution in [0.25, 0.3) is 11.2 Å². The number of carbonyl (C=O) groups is 1. The van der Waals surface area contributed by atoms with Crippen molar-refractivity contribution in [2.24, 2.45) is 0 Å². The van der Waals surface area contributed by atoms with E-state index in [4.69, 9.17) is 0 Å². The number of rotatable bonds is 3. The minimum Gasteiger partial charge on any atom is -0.352 e. The summed E-state index contributed by atoms with van der Waals surface area (Å²) in [4.78, 5) is 29.1. The second-order valence-electron chi connectivity index (χ2n) is 5.55. The molecule has 0 unspecified atom stereocenters. The van der Waals surface area contributed by atoms with Gasteiger partial charge in [-0.3, -0.25) is 9.48 Å². The van der Waals surface area contributed by atoms with Crippen molar-refractivity contribution in [3.8, 4) is 0 Å². The van der Waals surface area contributed by atoms with Gasteiger partial charge in [-0.1, -0.05) is 0 Å².